The summed E-state index contributed by atoms with van der Waals surface area (Å²) in [5.41, 5.74) is 6.32. The predicted molar refractivity (Wildman–Crippen MR) is 50.5 cm³/mol. The molecule has 2 saturated heterocycles. The Balaban J connectivity index is 2.03. The van der Waals surface area contributed by atoms with Crippen LogP contribution in [0.2, 0.25) is 0 Å². The molecule has 2 aliphatic rings. The average molecular weight is 185 g/mol. The lowest BCUT2D eigenvalue weighted by atomic mass is 9.75. The van der Waals surface area contributed by atoms with Gasteiger partial charge in [-0.05, 0) is 32.1 Å². The van der Waals surface area contributed by atoms with Crippen LogP contribution in [0, 0.1) is 5.92 Å². The van der Waals surface area contributed by atoms with E-state index >= 15 is 0 Å². The quantitative estimate of drug-likeness (QED) is 0.660. The monoisotopic (exact) mass is 185 g/mol. The molecule has 3 nitrogen and oxygen atoms in total. The Labute approximate surface area is 79.6 Å². The highest BCUT2D eigenvalue weighted by Crippen LogP contribution is 2.35. The summed E-state index contributed by atoms with van der Waals surface area (Å²) in [5, 5.41) is 0. The molecule has 0 amide bonds. The first-order valence-electron chi connectivity index (χ1n) is 5.22. The van der Waals surface area contributed by atoms with Crippen LogP contribution in [-0.4, -0.2) is 31.5 Å². The van der Waals surface area contributed by atoms with Crippen LogP contribution in [0.4, 0.5) is 0 Å². The van der Waals surface area contributed by atoms with E-state index in [2.05, 4.69) is 6.92 Å². The van der Waals surface area contributed by atoms with E-state index in [4.69, 9.17) is 15.2 Å². The number of hydrogen-bond donors (Lipinski definition) is 1. The summed E-state index contributed by atoms with van der Waals surface area (Å²) in [5.74, 6) is 0.596. The minimum atomic E-state index is -0.0796. The third kappa shape index (κ3) is 1.60. The molecule has 2 heterocycles. The summed E-state index contributed by atoms with van der Waals surface area (Å²) in [6.45, 7) is 4.67. The Morgan fingerprint density at radius 3 is 2.46 bits per heavy atom. The summed E-state index contributed by atoms with van der Waals surface area (Å²) < 4.78 is 10.9. The SMILES string of the molecule is CC1OCCC1(N)C1CCOCC1. The maximum atomic E-state index is 6.40. The van der Waals surface area contributed by atoms with E-state index < -0.39 is 0 Å². The van der Waals surface area contributed by atoms with Crippen molar-refractivity contribution in [2.75, 3.05) is 19.8 Å². The molecule has 0 aromatic carbocycles. The molecule has 76 valence electrons. The summed E-state index contributed by atoms with van der Waals surface area (Å²) in [7, 11) is 0. The van der Waals surface area contributed by atoms with Gasteiger partial charge in [-0.15, -0.1) is 0 Å². The van der Waals surface area contributed by atoms with Gasteiger partial charge in [0.25, 0.3) is 0 Å². The van der Waals surface area contributed by atoms with E-state index in [1.807, 2.05) is 0 Å². The normalized spacial score (nSPS) is 42.5. The number of rotatable bonds is 1. The van der Waals surface area contributed by atoms with E-state index in [1.54, 1.807) is 0 Å². The van der Waals surface area contributed by atoms with E-state index in [0.29, 0.717) is 5.92 Å². The minimum absolute atomic E-state index is 0.0796. The van der Waals surface area contributed by atoms with Gasteiger partial charge in [0.05, 0.1) is 6.10 Å². The molecule has 2 unspecified atom stereocenters. The third-order valence-corrected chi connectivity index (χ3v) is 3.64. The second-order valence-electron chi connectivity index (χ2n) is 4.26. The molecule has 0 radical (unpaired) electrons. The number of hydrogen-bond acceptors (Lipinski definition) is 3. The van der Waals surface area contributed by atoms with Crippen molar-refractivity contribution in [2.24, 2.45) is 11.7 Å². The molecule has 2 fully saturated rings. The van der Waals surface area contributed by atoms with Crippen LogP contribution in [0.25, 0.3) is 0 Å². The smallest absolute Gasteiger partial charge is 0.0729 e. The van der Waals surface area contributed by atoms with Crippen LogP contribution in [-0.2, 0) is 9.47 Å². The van der Waals surface area contributed by atoms with Crippen LogP contribution >= 0.6 is 0 Å². The molecule has 2 atom stereocenters. The molecule has 2 rings (SSSR count). The van der Waals surface area contributed by atoms with Gasteiger partial charge < -0.3 is 15.2 Å². The van der Waals surface area contributed by atoms with Crippen LogP contribution in [0.1, 0.15) is 26.2 Å². The maximum absolute atomic E-state index is 6.40. The Morgan fingerprint density at radius 1 is 1.23 bits per heavy atom. The minimum Gasteiger partial charge on any atom is -0.381 e. The van der Waals surface area contributed by atoms with E-state index in [0.717, 1.165) is 39.1 Å². The molecule has 0 aromatic heterocycles. The summed E-state index contributed by atoms with van der Waals surface area (Å²) in [6.07, 6.45) is 3.43. The third-order valence-electron chi connectivity index (χ3n) is 3.64. The predicted octanol–water partition coefficient (Wildman–Crippen LogP) is 0.919. The lowest BCUT2D eigenvalue weighted by Gasteiger charge is -2.38. The van der Waals surface area contributed by atoms with Crippen LogP contribution < -0.4 is 5.73 Å². The first-order chi connectivity index (χ1) is 6.23. The highest BCUT2D eigenvalue weighted by molar-refractivity contribution is 5.00. The van der Waals surface area contributed by atoms with Crippen LogP contribution in [0.15, 0.2) is 0 Å². The van der Waals surface area contributed by atoms with Crippen molar-refractivity contribution in [3.05, 3.63) is 0 Å². The summed E-state index contributed by atoms with van der Waals surface area (Å²) >= 11 is 0. The van der Waals surface area contributed by atoms with Crippen molar-refractivity contribution in [2.45, 2.75) is 37.8 Å². The Bertz CT molecular complexity index is 180. The topological polar surface area (TPSA) is 44.5 Å². The Morgan fingerprint density at radius 2 is 1.92 bits per heavy atom. The molecule has 0 spiro atoms. The van der Waals surface area contributed by atoms with Crippen molar-refractivity contribution in [1.29, 1.82) is 0 Å². The van der Waals surface area contributed by atoms with Crippen molar-refractivity contribution in [3.63, 3.8) is 0 Å². The summed E-state index contributed by atoms with van der Waals surface area (Å²) in [4.78, 5) is 0. The summed E-state index contributed by atoms with van der Waals surface area (Å²) in [6, 6.07) is 0. The lowest BCUT2D eigenvalue weighted by Crippen LogP contribution is -2.53. The molecule has 2 N–H and O–H groups in total. The maximum Gasteiger partial charge on any atom is 0.0729 e. The van der Waals surface area contributed by atoms with Crippen molar-refractivity contribution in [1.82, 2.24) is 0 Å². The van der Waals surface area contributed by atoms with Gasteiger partial charge in [0.15, 0.2) is 0 Å². The van der Waals surface area contributed by atoms with E-state index in [9.17, 15) is 0 Å². The number of ether oxygens (including phenoxy) is 2. The van der Waals surface area contributed by atoms with Gasteiger partial charge in [0, 0.05) is 25.4 Å². The van der Waals surface area contributed by atoms with Crippen molar-refractivity contribution in [3.8, 4) is 0 Å². The molecule has 3 heteroatoms. The molecule has 13 heavy (non-hydrogen) atoms. The zero-order valence-corrected chi connectivity index (χ0v) is 8.29. The molecule has 0 saturated carbocycles. The van der Waals surface area contributed by atoms with Crippen LogP contribution in [0.5, 0.6) is 0 Å². The average Bonchev–Trinajstić information content (AvgIpc) is 2.50. The van der Waals surface area contributed by atoms with Crippen molar-refractivity contribution >= 4 is 0 Å². The van der Waals surface area contributed by atoms with Crippen LogP contribution in [0.3, 0.4) is 0 Å². The first kappa shape index (κ1) is 9.44. The van der Waals surface area contributed by atoms with Gasteiger partial charge in [0.1, 0.15) is 0 Å². The molecule has 2 aliphatic heterocycles. The lowest BCUT2D eigenvalue weighted by molar-refractivity contribution is 0.0125. The largest absolute Gasteiger partial charge is 0.381 e. The van der Waals surface area contributed by atoms with Gasteiger partial charge in [0.2, 0.25) is 0 Å². The van der Waals surface area contributed by atoms with E-state index in [1.165, 1.54) is 0 Å². The van der Waals surface area contributed by atoms with Gasteiger partial charge in [-0.1, -0.05) is 0 Å². The second-order valence-corrected chi connectivity index (χ2v) is 4.26. The Kier molecular flexibility index (Phi) is 2.58. The highest BCUT2D eigenvalue weighted by atomic mass is 16.5. The second kappa shape index (κ2) is 3.56. The fraction of sp³-hybridized carbons (Fsp3) is 1.00. The zero-order chi connectivity index (χ0) is 9.31. The van der Waals surface area contributed by atoms with Gasteiger partial charge in [-0.3, -0.25) is 0 Å². The van der Waals surface area contributed by atoms with Gasteiger partial charge in [-0.2, -0.15) is 0 Å². The molecular formula is C10H19NO2. The zero-order valence-electron chi connectivity index (χ0n) is 8.29. The van der Waals surface area contributed by atoms with Gasteiger partial charge in [-0.25, -0.2) is 0 Å². The van der Waals surface area contributed by atoms with Gasteiger partial charge >= 0.3 is 0 Å². The number of nitrogens with two attached hydrogens (primary N) is 1. The van der Waals surface area contributed by atoms with Crippen molar-refractivity contribution < 1.29 is 9.47 Å². The Hall–Kier alpha value is -0.120. The molecule has 0 bridgehead atoms. The first-order valence-corrected chi connectivity index (χ1v) is 5.22. The fourth-order valence-electron chi connectivity index (χ4n) is 2.54. The molecule has 0 aliphatic carbocycles. The highest BCUT2D eigenvalue weighted by Gasteiger charge is 2.44. The van der Waals surface area contributed by atoms with E-state index in [-0.39, 0.29) is 11.6 Å². The molecular weight excluding hydrogens is 166 g/mol. The fourth-order valence-corrected chi connectivity index (χ4v) is 2.54. The standard InChI is InChI=1S/C10H19NO2/c1-8-10(11,4-7-13-8)9-2-5-12-6-3-9/h8-9H,2-7,11H2,1H3. The molecule has 0 aromatic rings.